The molecule has 0 aliphatic carbocycles. The molecule has 0 aliphatic heterocycles. The second-order valence-electron chi connectivity index (χ2n) is 7.07. The van der Waals surface area contributed by atoms with Gasteiger partial charge >= 0.3 is 5.63 Å². The van der Waals surface area contributed by atoms with E-state index in [4.69, 9.17) is 4.42 Å². The largest absolute Gasteiger partial charge is 0.507 e. The Hall–Kier alpha value is -2.86. The van der Waals surface area contributed by atoms with Crippen LogP contribution in [0.5, 0.6) is 5.75 Å². The minimum atomic E-state index is -0.538. The molecule has 0 aliphatic rings. The fraction of sp³-hybridized carbons (Fsp3) is 0.261. The van der Waals surface area contributed by atoms with Crippen LogP contribution in [0.1, 0.15) is 39.7 Å². The van der Waals surface area contributed by atoms with Crippen molar-refractivity contribution in [3.8, 4) is 16.9 Å². The fourth-order valence-electron chi connectivity index (χ4n) is 3.39. The number of carbonyl (C=O) groups excluding carboxylic acids is 1. The van der Waals surface area contributed by atoms with Gasteiger partial charge in [0.2, 0.25) is 0 Å². The van der Waals surface area contributed by atoms with E-state index in [9.17, 15) is 14.7 Å². The lowest BCUT2D eigenvalue weighted by atomic mass is 9.94. The van der Waals surface area contributed by atoms with Crippen molar-refractivity contribution in [3.63, 3.8) is 0 Å². The molecular weight excluding hydrogens is 386 g/mol. The van der Waals surface area contributed by atoms with Crippen LogP contribution in [0.15, 0.2) is 50.8 Å². The van der Waals surface area contributed by atoms with Gasteiger partial charge in [-0.25, -0.2) is 9.78 Å². The normalized spacial score (nSPS) is 10.9. The first kappa shape index (κ1) is 20.9. The summed E-state index contributed by atoms with van der Waals surface area (Å²) < 4.78 is 5.48. The summed E-state index contributed by atoms with van der Waals surface area (Å²) in [4.78, 5) is 28.1. The summed E-state index contributed by atoms with van der Waals surface area (Å²) >= 11 is 1.49. The topological polar surface area (TPSA) is 80.4 Å². The van der Waals surface area contributed by atoms with Crippen molar-refractivity contribution >= 4 is 17.5 Å². The predicted octanol–water partition coefficient (Wildman–Crippen LogP) is 4.87. The van der Waals surface area contributed by atoms with Crippen LogP contribution in [0.2, 0.25) is 0 Å². The van der Waals surface area contributed by atoms with Crippen LogP contribution in [0.25, 0.3) is 11.1 Å². The molecule has 0 radical (unpaired) electrons. The number of hydrogen-bond donors (Lipinski definition) is 1. The average molecular weight is 410 g/mol. The summed E-state index contributed by atoms with van der Waals surface area (Å²) in [5, 5.41) is 11.3. The number of carbonyl (C=O) groups is 1. The molecule has 150 valence electrons. The number of benzene rings is 1. The number of aryl methyl sites for hydroxylation is 4. The zero-order valence-electron chi connectivity index (χ0n) is 16.9. The SMILES string of the molecule is CC(=O)c1ccc(SCCc2cc(O)c(-c3c(C)cc(C)cc3C)c(=O)o2)nc1. The molecule has 0 saturated carbocycles. The van der Waals surface area contributed by atoms with Crippen molar-refractivity contribution in [2.24, 2.45) is 0 Å². The molecule has 1 aromatic carbocycles. The van der Waals surface area contributed by atoms with Crippen LogP contribution in [0, 0.1) is 20.8 Å². The van der Waals surface area contributed by atoms with Gasteiger partial charge in [0.1, 0.15) is 17.1 Å². The Morgan fingerprint density at radius 1 is 1.10 bits per heavy atom. The number of aromatic nitrogens is 1. The van der Waals surface area contributed by atoms with Crippen LogP contribution < -0.4 is 5.63 Å². The van der Waals surface area contributed by atoms with Gasteiger partial charge in [0.15, 0.2) is 5.78 Å². The molecule has 2 heterocycles. The van der Waals surface area contributed by atoms with Crippen LogP contribution in [-0.2, 0) is 6.42 Å². The van der Waals surface area contributed by atoms with E-state index in [-0.39, 0.29) is 17.1 Å². The highest BCUT2D eigenvalue weighted by molar-refractivity contribution is 7.99. The maximum atomic E-state index is 12.6. The third-order valence-electron chi connectivity index (χ3n) is 4.65. The molecule has 0 amide bonds. The highest BCUT2D eigenvalue weighted by Crippen LogP contribution is 2.33. The molecule has 0 spiro atoms. The highest BCUT2D eigenvalue weighted by Gasteiger charge is 2.18. The summed E-state index contributed by atoms with van der Waals surface area (Å²) in [6.45, 7) is 7.34. The first-order valence-electron chi connectivity index (χ1n) is 9.30. The van der Waals surface area contributed by atoms with Crippen LogP contribution >= 0.6 is 11.8 Å². The van der Waals surface area contributed by atoms with Crippen LogP contribution in [-0.4, -0.2) is 21.6 Å². The number of nitrogens with zero attached hydrogens (tertiary/aromatic N) is 1. The Labute approximate surface area is 173 Å². The third-order valence-corrected chi connectivity index (χ3v) is 5.60. The highest BCUT2D eigenvalue weighted by atomic mass is 32.2. The van der Waals surface area contributed by atoms with E-state index in [0.29, 0.717) is 23.5 Å². The summed E-state index contributed by atoms with van der Waals surface area (Å²) in [6.07, 6.45) is 2.02. The van der Waals surface area contributed by atoms with Gasteiger partial charge in [-0.3, -0.25) is 4.79 Å². The molecule has 2 aromatic heterocycles. The van der Waals surface area contributed by atoms with Crippen molar-refractivity contribution in [2.75, 3.05) is 5.75 Å². The molecule has 6 heteroatoms. The fourth-order valence-corrected chi connectivity index (χ4v) is 4.19. The number of rotatable bonds is 6. The number of Topliss-reactive ketones (excluding diaryl/α,β-unsaturated/α-hetero) is 1. The molecule has 29 heavy (non-hydrogen) atoms. The molecule has 1 N–H and O–H groups in total. The van der Waals surface area contributed by atoms with E-state index in [0.717, 1.165) is 27.3 Å². The van der Waals surface area contributed by atoms with E-state index in [2.05, 4.69) is 4.98 Å². The zero-order chi connectivity index (χ0) is 21.1. The smallest absolute Gasteiger partial charge is 0.347 e. The van der Waals surface area contributed by atoms with Gasteiger partial charge in [-0.15, -0.1) is 11.8 Å². The van der Waals surface area contributed by atoms with Crippen molar-refractivity contribution in [2.45, 2.75) is 39.1 Å². The Kier molecular flexibility index (Phi) is 6.23. The first-order chi connectivity index (χ1) is 13.8. The second kappa shape index (κ2) is 8.66. The molecule has 5 nitrogen and oxygen atoms in total. The van der Waals surface area contributed by atoms with Crippen molar-refractivity contribution in [1.29, 1.82) is 0 Å². The Bertz CT molecular complexity index is 1090. The average Bonchev–Trinajstić information content (AvgIpc) is 2.63. The zero-order valence-corrected chi connectivity index (χ0v) is 17.7. The molecule has 0 atom stereocenters. The van der Waals surface area contributed by atoms with Gasteiger partial charge in [-0.2, -0.15) is 0 Å². The van der Waals surface area contributed by atoms with E-state index in [1.165, 1.54) is 24.8 Å². The van der Waals surface area contributed by atoms with Gasteiger partial charge in [-0.1, -0.05) is 17.7 Å². The monoisotopic (exact) mass is 409 g/mol. The lowest BCUT2D eigenvalue weighted by molar-refractivity contribution is 0.101. The molecule has 3 rings (SSSR count). The van der Waals surface area contributed by atoms with Crippen molar-refractivity contribution in [3.05, 3.63) is 75.0 Å². The second-order valence-corrected chi connectivity index (χ2v) is 8.19. The number of pyridine rings is 1. The standard InChI is InChI=1S/C23H23NO4S/c1-13-9-14(2)21(15(3)10-13)22-19(26)11-18(28-23(22)27)7-8-29-20-6-5-17(12-24-20)16(4)25/h5-6,9-12,26H,7-8H2,1-4H3. The quantitative estimate of drug-likeness (QED) is 0.462. The van der Waals surface area contributed by atoms with Gasteiger partial charge < -0.3 is 9.52 Å². The lowest BCUT2D eigenvalue weighted by Crippen LogP contribution is -2.08. The Morgan fingerprint density at radius 2 is 1.79 bits per heavy atom. The molecule has 0 unspecified atom stereocenters. The molecule has 0 saturated heterocycles. The van der Waals surface area contributed by atoms with Crippen molar-refractivity contribution in [1.82, 2.24) is 4.98 Å². The summed E-state index contributed by atoms with van der Waals surface area (Å²) in [5.74, 6) is 0.953. The molecule has 3 aromatic rings. The maximum absolute atomic E-state index is 12.6. The number of aromatic hydroxyl groups is 1. The Morgan fingerprint density at radius 3 is 2.34 bits per heavy atom. The maximum Gasteiger partial charge on any atom is 0.347 e. The summed E-state index contributed by atoms with van der Waals surface area (Å²) in [7, 11) is 0. The minimum Gasteiger partial charge on any atom is -0.507 e. The lowest BCUT2D eigenvalue weighted by Gasteiger charge is -2.12. The number of thioether (sulfide) groups is 1. The molecule has 0 bridgehead atoms. The summed E-state index contributed by atoms with van der Waals surface area (Å²) in [6, 6.07) is 9.01. The van der Waals surface area contributed by atoms with Gasteiger partial charge in [0.25, 0.3) is 0 Å². The minimum absolute atomic E-state index is 0.0227. The van der Waals surface area contributed by atoms with Gasteiger partial charge in [0, 0.05) is 30.0 Å². The van der Waals surface area contributed by atoms with E-state index in [1.807, 2.05) is 32.9 Å². The summed E-state index contributed by atoms with van der Waals surface area (Å²) in [5.41, 5.74) is 3.91. The van der Waals surface area contributed by atoms with E-state index in [1.54, 1.807) is 18.3 Å². The molecular formula is C23H23NO4S. The number of ketones is 1. The van der Waals surface area contributed by atoms with Crippen molar-refractivity contribution < 1.29 is 14.3 Å². The van der Waals surface area contributed by atoms with Gasteiger partial charge in [-0.05, 0) is 56.5 Å². The third kappa shape index (κ3) is 4.77. The van der Waals surface area contributed by atoms with Crippen LogP contribution in [0.4, 0.5) is 0 Å². The molecule has 0 fully saturated rings. The number of hydrogen-bond acceptors (Lipinski definition) is 6. The van der Waals surface area contributed by atoms with Gasteiger partial charge in [0.05, 0.1) is 5.03 Å². The van der Waals surface area contributed by atoms with Crippen LogP contribution in [0.3, 0.4) is 0 Å². The predicted molar refractivity (Wildman–Crippen MR) is 115 cm³/mol. The van der Waals surface area contributed by atoms with E-state index >= 15 is 0 Å². The first-order valence-corrected chi connectivity index (χ1v) is 10.3. The van der Waals surface area contributed by atoms with E-state index < -0.39 is 5.63 Å². The Balaban J connectivity index is 1.76.